The van der Waals surface area contributed by atoms with Crippen molar-refractivity contribution in [3.8, 4) is 0 Å². The fraction of sp³-hybridized carbons (Fsp3) is 0.857. The SMILES string of the molecule is COCC1CCN(C(=O)C2CCC(C(=O)O)C2)CC1. The van der Waals surface area contributed by atoms with E-state index in [2.05, 4.69) is 0 Å². The summed E-state index contributed by atoms with van der Waals surface area (Å²) in [5.74, 6) is -0.418. The average molecular weight is 269 g/mol. The minimum Gasteiger partial charge on any atom is -0.481 e. The summed E-state index contributed by atoms with van der Waals surface area (Å²) >= 11 is 0. The molecule has 1 N–H and O–H groups in total. The van der Waals surface area contributed by atoms with Gasteiger partial charge < -0.3 is 14.7 Å². The van der Waals surface area contributed by atoms with Gasteiger partial charge in [0.25, 0.3) is 0 Å². The zero-order valence-electron chi connectivity index (χ0n) is 11.5. The number of aliphatic carboxylic acids is 1. The lowest BCUT2D eigenvalue weighted by Gasteiger charge is -2.33. The van der Waals surface area contributed by atoms with E-state index in [0.29, 0.717) is 18.8 Å². The highest BCUT2D eigenvalue weighted by atomic mass is 16.5. The number of amides is 1. The molecule has 0 aromatic heterocycles. The Labute approximate surface area is 113 Å². The summed E-state index contributed by atoms with van der Waals surface area (Å²) in [5, 5.41) is 8.98. The molecule has 1 saturated heterocycles. The molecule has 0 spiro atoms. The van der Waals surface area contributed by atoms with E-state index in [-0.39, 0.29) is 17.7 Å². The molecule has 0 aromatic rings. The molecule has 1 aliphatic heterocycles. The second-order valence-corrected chi connectivity index (χ2v) is 5.77. The number of rotatable bonds is 4. The van der Waals surface area contributed by atoms with Gasteiger partial charge in [-0.1, -0.05) is 0 Å². The average Bonchev–Trinajstić information content (AvgIpc) is 2.89. The predicted molar refractivity (Wildman–Crippen MR) is 69.6 cm³/mol. The van der Waals surface area contributed by atoms with Crippen LogP contribution in [0.4, 0.5) is 0 Å². The van der Waals surface area contributed by atoms with Gasteiger partial charge in [0.05, 0.1) is 5.92 Å². The second-order valence-electron chi connectivity index (χ2n) is 5.77. The Balaban J connectivity index is 1.80. The Morgan fingerprint density at radius 2 is 1.79 bits per heavy atom. The Morgan fingerprint density at radius 1 is 1.16 bits per heavy atom. The fourth-order valence-electron chi connectivity index (χ4n) is 3.24. The van der Waals surface area contributed by atoms with Gasteiger partial charge in [-0.2, -0.15) is 0 Å². The van der Waals surface area contributed by atoms with Crippen molar-refractivity contribution in [2.75, 3.05) is 26.8 Å². The van der Waals surface area contributed by atoms with E-state index in [4.69, 9.17) is 9.84 Å². The molecule has 108 valence electrons. The largest absolute Gasteiger partial charge is 0.481 e. The molecule has 5 heteroatoms. The van der Waals surface area contributed by atoms with Crippen LogP contribution in [0.2, 0.25) is 0 Å². The van der Waals surface area contributed by atoms with Gasteiger partial charge in [-0.05, 0) is 38.0 Å². The smallest absolute Gasteiger partial charge is 0.306 e. The molecular weight excluding hydrogens is 246 g/mol. The number of hydrogen-bond acceptors (Lipinski definition) is 3. The highest BCUT2D eigenvalue weighted by molar-refractivity contribution is 5.81. The number of carboxylic acid groups (broad SMARTS) is 1. The third-order valence-corrected chi connectivity index (χ3v) is 4.46. The number of carbonyl (C=O) groups excluding carboxylic acids is 1. The summed E-state index contributed by atoms with van der Waals surface area (Å²) in [7, 11) is 1.71. The van der Waals surface area contributed by atoms with Crippen molar-refractivity contribution in [2.24, 2.45) is 17.8 Å². The molecule has 1 aliphatic carbocycles. The van der Waals surface area contributed by atoms with E-state index in [0.717, 1.165) is 39.0 Å². The summed E-state index contributed by atoms with van der Waals surface area (Å²) in [6.45, 7) is 2.36. The fourth-order valence-corrected chi connectivity index (χ4v) is 3.24. The Bertz CT molecular complexity index is 336. The van der Waals surface area contributed by atoms with Crippen molar-refractivity contribution >= 4 is 11.9 Å². The minimum absolute atomic E-state index is 0.0694. The maximum atomic E-state index is 12.3. The second kappa shape index (κ2) is 6.37. The number of carboxylic acids is 1. The first-order chi connectivity index (χ1) is 9.11. The maximum Gasteiger partial charge on any atom is 0.306 e. The molecule has 0 radical (unpaired) electrons. The summed E-state index contributed by atoms with van der Waals surface area (Å²) in [5.41, 5.74) is 0. The van der Waals surface area contributed by atoms with E-state index in [1.165, 1.54) is 0 Å². The Kier molecular flexibility index (Phi) is 4.80. The molecule has 0 bridgehead atoms. The van der Waals surface area contributed by atoms with Crippen molar-refractivity contribution in [1.82, 2.24) is 4.90 Å². The first-order valence-electron chi connectivity index (χ1n) is 7.12. The van der Waals surface area contributed by atoms with E-state index in [1.807, 2.05) is 4.90 Å². The molecule has 0 aromatic carbocycles. The quantitative estimate of drug-likeness (QED) is 0.837. The van der Waals surface area contributed by atoms with E-state index >= 15 is 0 Å². The van der Waals surface area contributed by atoms with Crippen LogP contribution >= 0.6 is 0 Å². The van der Waals surface area contributed by atoms with Gasteiger partial charge in [0.2, 0.25) is 5.91 Å². The molecule has 1 amide bonds. The molecule has 1 heterocycles. The number of piperidine rings is 1. The third-order valence-electron chi connectivity index (χ3n) is 4.46. The number of likely N-dealkylation sites (tertiary alicyclic amines) is 1. The van der Waals surface area contributed by atoms with Crippen molar-refractivity contribution in [3.05, 3.63) is 0 Å². The van der Waals surface area contributed by atoms with Crippen molar-refractivity contribution in [1.29, 1.82) is 0 Å². The van der Waals surface area contributed by atoms with Gasteiger partial charge in [0, 0.05) is 32.7 Å². The molecule has 2 atom stereocenters. The number of hydrogen-bond donors (Lipinski definition) is 1. The first kappa shape index (κ1) is 14.3. The molecule has 2 rings (SSSR count). The van der Waals surface area contributed by atoms with Gasteiger partial charge in [-0.15, -0.1) is 0 Å². The molecule has 2 unspecified atom stereocenters. The lowest BCUT2D eigenvalue weighted by atomic mass is 9.96. The highest BCUT2D eigenvalue weighted by Gasteiger charge is 2.36. The minimum atomic E-state index is -0.755. The van der Waals surface area contributed by atoms with E-state index in [1.54, 1.807) is 7.11 Å². The van der Waals surface area contributed by atoms with Gasteiger partial charge in [-0.3, -0.25) is 9.59 Å². The molecular formula is C14H23NO4. The molecule has 2 aliphatic rings. The summed E-state index contributed by atoms with van der Waals surface area (Å²) < 4.78 is 5.15. The molecule has 1 saturated carbocycles. The van der Waals surface area contributed by atoms with Gasteiger partial charge >= 0.3 is 5.97 Å². The van der Waals surface area contributed by atoms with Crippen LogP contribution in [-0.4, -0.2) is 48.7 Å². The van der Waals surface area contributed by atoms with Crippen molar-refractivity contribution in [2.45, 2.75) is 32.1 Å². The zero-order chi connectivity index (χ0) is 13.8. The van der Waals surface area contributed by atoms with Crippen molar-refractivity contribution < 1.29 is 19.4 Å². The predicted octanol–water partition coefficient (Wildman–Crippen LogP) is 1.37. The molecule has 2 fully saturated rings. The number of methoxy groups -OCH3 is 1. The van der Waals surface area contributed by atoms with E-state index < -0.39 is 5.97 Å². The van der Waals surface area contributed by atoms with Crippen molar-refractivity contribution in [3.63, 3.8) is 0 Å². The van der Waals surface area contributed by atoms with Crippen LogP contribution in [0, 0.1) is 17.8 Å². The number of ether oxygens (including phenoxy) is 1. The lowest BCUT2D eigenvalue weighted by Crippen LogP contribution is -2.42. The van der Waals surface area contributed by atoms with Crippen LogP contribution in [-0.2, 0) is 14.3 Å². The zero-order valence-corrected chi connectivity index (χ0v) is 11.5. The maximum absolute atomic E-state index is 12.3. The van der Waals surface area contributed by atoms with E-state index in [9.17, 15) is 9.59 Å². The van der Waals surface area contributed by atoms with Gasteiger partial charge in [-0.25, -0.2) is 0 Å². The lowest BCUT2D eigenvalue weighted by molar-refractivity contribution is -0.141. The molecule has 5 nitrogen and oxygen atoms in total. The summed E-state index contributed by atoms with van der Waals surface area (Å²) in [6.07, 6.45) is 3.88. The van der Waals surface area contributed by atoms with Crippen LogP contribution in [0.3, 0.4) is 0 Å². The highest BCUT2D eigenvalue weighted by Crippen LogP contribution is 2.33. The van der Waals surface area contributed by atoms with Crippen LogP contribution in [0.15, 0.2) is 0 Å². The standard InChI is InChI=1S/C14H23NO4/c1-19-9-10-4-6-15(7-5-10)13(16)11-2-3-12(8-11)14(17)18/h10-12H,2-9H2,1H3,(H,17,18). The van der Waals surface area contributed by atoms with Crippen LogP contribution < -0.4 is 0 Å². The number of carbonyl (C=O) groups is 2. The summed E-state index contributed by atoms with van der Waals surface area (Å²) in [4.78, 5) is 25.2. The Morgan fingerprint density at radius 3 is 2.32 bits per heavy atom. The molecule has 19 heavy (non-hydrogen) atoms. The first-order valence-corrected chi connectivity index (χ1v) is 7.12. The third kappa shape index (κ3) is 3.47. The monoisotopic (exact) mass is 269 g/mol. The number of nitrogens with zero attached hydrogens (tertiary/aromatic N) is 1. The van der Waals surface area contributed by atoms with Crippen LogP contribution in [0.25, 0.3) is 0 Å². The topological polar surface area (TPSA) is 66.8 Å². The van der Waals surface area contributed by atoms with Gasteiger partial charge in [0.1, 0.15) is 0 Å². The Hall–Kier alpha value is -1.10. The van der Waals surface area contributed by atoms with Gasteiger partial charge in [0.15, 0.2) is 0 Å². The summed E-state index contributed by atoms with van der Waals surface area (Å²) in [6, 6.07) is 0. The normalized spacial score (nSPS) is 28.6. The van der Waals surface area contributed by atoms with Crippen LogP contribution in [0.1, 0.15) is 32.1 Å². The van der Waals surface area contributed by atoms with Crippen LogP contribution in [0.5, 0.6) is 0 Å².